The second kappa shape index (κ2) is 6.91. The zero-order valence-electron chi connectivity index (χ0n) is 12.0. The van der Waals surface area contributed by atoms with Crippen LogP contribution < -0.4 is 0 Å². The number of rotatable bonds is 5. The summed E-state index contributed by atoms with van der Waals surface area (Å²) in [5, 5.41) is 5.45. The van der Waals surface area contributed by atoms with E-state index in [1.54, 1.807) is 23.9 Å². The van der Waals surface area contributed by atoms with Crippen LogP contribution >= 0.6 is 23.4 Å². The number of esters is 1. The van der Waals surface area contributed by atoms with Gasteiger partial charge in [-0.05, 0) is 20.8 Å². The van der Waals surface area contributed by atoms with Gasteiger partial charge in [0.25, 0.3) is 0 Å². The maximum Gasteiger partial charge on any atom is 0.316 e. The first-order valence-corrected chi connectivity index (χ1v) is 7.72. The van der Waals surface area contributed by atoms with Crippen molar-refractivity contribution in [1.82, 2.24) is 19.7 Å². The summed E-state index contributed by atoms with van der Waals surface area (Å²) in [4.78, 5) is 19.8. The van der Waals surface area contributed by atoms with E-state index in [0.717, 1.165) is 11.4 Å². The van der Waals surface area contributed by atoms with E-state index in [-0.39, 0.29) is 11.7 Å². The van der Waals surface area contributed by atoms with E-state index in [4.69, 9.17) is 16.3 Å². The molecule has 0 atom stereocenters. The normalized spacial score (nSPS) is 10.7. The highest BCUT2D eigenvalue weighted by atomic mass is 35.5. The third-order valence-electron chi connectivity index (χ3n) is 2.66. The molecule has 112 valence electrons. The molecule has 0 aliphatic heterocycles. The van der Waals surface area contributed by atoms with Crippen molar-refractivity contribution < 1.29 is 9.53 Å². The highest BCUT2D eigenvalue weighted by Crippen LogP contribution is 2.22. The lowest BCUT2D eigenvalue weighted by Gasteiger charge is -2.05. The van der Waals surface area contributed by atoms with Gasteiger partial charge in [-0.15, -0.1) is 0 Å². The third kappa shape index (κ3) is 3.74. The largest absolute Gasteiger partial charge is 0.465 e. The molecule has 0 aliphatic carbocycles. The zero-order valence-corrected chi connectivity index (χ0v) is 13.5. The summed E-state index contributed by atoms with van der Waals surface area (Å²) < 4.78 is 6.53. The summed E-state index contributed by atoms with van der Waals surface area (Å²) in [5.41, 5.74) is 1.56. The quantitative estimate of drug-likeness (QED) is 0.478. The lowest BCUT2D eigenvalue weighted by molar-refractivity contribution is -0.139. The SMILES string of the molecule is CCOC(=O)CSc1nccc(-n2nc(C)c(Cl)c2C)n1. The minimum Gasteiger partial charge on any atom is -0.465 e. The number of aromatic nitrogens is 4. The summed E-state index contributed by atoms with van der Waals surface area (Å²) in [6.45, 7) is 5.84. The molecule has 6 nitrogen and oxygen atoms in total. The molecule has 0 amide bonds. The second-order valence-electron chi connectivity index (χ2n) is 4.19. The molecule has 2 aromatic heterocycles. The van der Waals surface area contributed by atoms with E-state index in [9.17, 15) is 4.79 Å². The van der Waals surface area contributed by atoms with E-state index >= 15 is 0 Å². The van der Waals surface area contributed by atoms with Gasteiger partial charge in [-0.1, -0.05) is 23.4 Å². The van der Waals surface area contributed by atoms with Crippen LogP contribution in [0, 0.1) is 13.8 Å². The molecule has 0 fully saturated rings. The van der Waals surface area contributed by atoms with E-state index in [1.807, 2.05) is 13.8 Å². The van der Waals surface area contributed by atoms with Crippen molar-refractivity contribution in [3.8, 4) is 5.82 Å². The minimum absolute atomic E-state index is 0.176. The first kappa shape index (κ1) is 15.8. The summed E-state index contributed by atoms with van der Waals surface area (Å²) in [7, 11) is 0. The minimum atomic E-state index is -0.286. The zero-order chi connectivity index (χ0) is 15.4. The fraction of sp³-hybridized carbons (Fsp3) is 0.385. The number of hydrogen-bond acceptors (Lipinski definition) is 6. The van der Waals surface area contributed by atoms with Gasteiger partial charge >= 0.3 is 5.97 Å². The van der Waals surface area contributed by atoms with Crippen LogP contribution in [-0.2, 0) is 9.53 Å². The van der Waals surface area contributed by atoms with Gasteiger partial charge in [-0.25, -0.2) is 14.6 Å². The van der Waals surface area contributed by atoms with Gasteiger partial charge in [0, 0.05) is 12.3 Å². The lowest BCUT2D eigenvalue weighted by atomic mass is 10.4. The highest BCUT2D eigenvalue weighted by Gasteiger charge is 2.13. The first-order chi connectivity index (χ1) is 10.0. The van der Waals surface area contributed by atoms with Crippen molar-refractivity contribution >= 4 is 29.3 Å². The summed E-state index contributed by atoms with van der Waals surface area (Å²) >= 11 is 7.36. The number of ether oxygens (including phenoxy) is 1. The molecular weight excluding hydrogens is 312 g/mol. The van der Waals surface area contributed by atoms with Crippen LogP contribution in [0.1, 0.15) is 18.3 Å². The molecule has 0 radical (unpaired) electrons. The van der Waals surface area contributed by atoms with E-state index < -0.39 is 0 Å². The van der Waals surface area contributed by atoms with Crippen LogP contribution in [0.5, 0.6) is 0 Å². The van der Waals surface area contributed by atoms with Gasteiger partial charge in [-0.3, -0.25) is 4.79 Å². The maximum absolute atomic E-state index is 11.3. The molecule has 2 rings (SSSR count). The number of carbonyl (C=O) groups excluding carboxylic acids is 1. The topological polar surface area (TPSA) is 69.9 Å². The average Bonchev–Trinajstić information content (AvgIpc) is 2.73. The fourth-order valence-electron chi connectivity index (χ4n) is 1.69. The lowest BCUT2D eigenvalue weighted by Crippen LogP contribution is -2.08. The second-order valence-corrected chi connectivity index (χ2v) is 5.51. The van der Waals surface area contributed by atoms with Crippen molar-refractivity contribution in [3.63, 3.8) is 0 Å². The number of thioether (sulfide) groups is 1. The number of hydrogen-bond donors (Lipinski definition) is 0. The maximum atomic E-state index is 11.3. The van der Waals surface area contributed by atoms with Gasteiger partial charge in [-0.2, -0.15) is 5.10 Å². The Bertz CT molecular complexity index is 660. The van der Waals surface area contributed by atoms with Crippen LogP contribution in [0.4, 0.5) is 0 Å². The Labute approximate surface area is 131 Å². The van der Waals surface area contributed by atoms with Gasteiger partial charge in [0.15, 0.2) is 11.0 Å². The van der Waals surface area contributed by atoms with Crippen LogP contribution in [-0.4, -0.2) is 38.1 Å². The molecule has 0 N–H and O–H groups in total. The fourth-order valence-corrected chi connectivity index (χ4v) is 2.43. The smallest absolute Gasteiger partial charge is 0.316 e. The van der Waals surface area contributed by atoms with E-state index in [1.165, 1.54) is 11.8 Å². The number of carbonyl (C=O) groups is 1. The van der Waals surface area contributed by atoms with Crippen molar-refractivity contribution in [2.75, 3.05) is 12.4 Å². The van der Waals surface area contributed by atoms with Gasteiger partial charge in [0.05, 0.1) is 28.8 Å². The molecule has 0 saturated heterocycles. The Hall–Kier alpha value is -1.60. The van der Waals surface area contributed by atoms with Crippen molar-refractivity contribution in [2.45, 2.75) is 25.9 Å². The van der Waals surface area contributed by atoms with E-state index in [2.05, 4.69) is 15.1 Å². The number of aryl methyl sites for hydroxylation is 1. The Kier molecular flexibility index (Phi) is 5.19. The Morgan fingerprint density at radius 1 is 1.48 bits per heavy atom. The Morgan fingerprint density at radius 3 is 2.86 bits per heavy atom. The van der Waals surface area contributed by atoms with Crippen molar-refractivity contribution in [1.29, 1.82) is 0 Å². The number of nitrogens with zero attached hydrogens (tertiary/aromatic N) is 4. The Balaban J connectivity index is 2.17. The summed E-state index contributed by atoms with van der Waals surface area (Å²) in [6, 6.07) is 1.74. The number of halogens is 1. The molecular formula is C13H15ClN4O2S. The molecule has 0 unspecified atom stereocenters. The molecule has 8 heteroatoms. The Morgan fingerprint density at radius 2 is 2.24 bits per heavy atom. The van der Waals surface area contributed by atoms with E-state index in [0.29, 0.717) is 22.6 Å². The van der Waals surface area contributed by atoms with Gasteiger partial charge in [0.2, 0.25) is 0 Å². The standard InChI is InChI=1S/C13H15ClN4O2S/c1-4-20-11(19)7-21-13-15-6-5-10(16-13)18-9(3)12(14)8(2)17-18/h5-6H,4,7H2,1-3H3. The molecule has 0 aromatic carbocycles. The molecule has 2 heterocycles. The molecule has 2 aromatic rings. The molecule has 0 bridgehead atoms. The first-order valence-electron chi connectivity index (χ1n) is 6.36. The molecule has 0 saturated carbocycles. The molecule has 21 heavy (non-hydrogen) atoms. The summed E-state index contributed by atoms with van der Waals surface area (Å²) in [6.07, 6.45) is 1.63. The monoisotopic (exact) mass is 326 g/mol. The van der Waals surface area contributed by atoms with Crippen molar-refractivity contribution in [3.05, 3.63) is 28.7 Å². The molecule has 0 spiro atoms. The van der Waals surface area contributed by atoms with Crippen LogP contribution in [0.15, 0.2) is 17.4 Å². The predicted molar refractivity (Wildman–Crippen MR) is 81.0 cm³/mol. The predicted octanol–water partition coefficient (Wildman–Crippen LogP) is 2.59. The third-order valence-corrected chi connectivity index (χ3v) is 4.05. The highest BCUT2D eigenvalue weighted by molar-refractivity contribution is 7.99. The van der Waals surface area contributed by atoms with Crippen LogP contribution in [0.25, 0.3) is 5.82 Å². The average molecular weight is 327 g/mol. The van der Waals surface area contributed by atoms with Crippen LogP contribution in [0.2, 0.25) is 5.02 Å². The summed E-state index contributed by atoms with van der Waals surface area (Å²) in [5.74, 6) is 0.504. The van der Waals surface area contributed by atoms with Crippen LogP contribution in [0.3, 0.4) is 0 Å². The van der Waals surface area contributed by atoms with Gasteiger partial charge in [0.1, 0.15) is 0 Å². The van der Waals surface area contributed by atoms with Gasteiger partial charge < -0.3 is 4.74 Å². The van der Waals surface area contributed by atoms with Crippen molar-refractivity contribution in [2.24, 2.45) is 0 Å². The molecule has 0 aliphatic rings.